The number of aliphatic hydroxyl groups excluding tert-OH is 1. The predicted molar refractivity (Wildman–Crippen MR) is 108 cm³/mol. The summed E-state index contributed by atoms with van der Waals surface area (Å²) >= 11 is 0. The molecule has 2 aromatic rings. The number of hydrogen-bond acceptors (Lipinski definition) is 7. The topological polar surface area (TPSA) is 92.1 Å². The number of pyridine rings is 1. The molecule has 1 unspecified atom stereocenters. The first-order valence-electron chi connectivity index (χ1n) is 10.1. The van der Waals surface area contributed by atoms with E-state index in [0.29, 0.717) is 18.7 Å². The van der Waals surface area contributed by atoms with Gasteiger partial charge in [0.25, 0.3) is 0 Å². The van der Waals surface area contributed by atoms with E-state index in [1.165, 1.54) is 6.92 Å². The van der Waals surface area contributed by atoms with Crippen molar-refractivity contribution in [3.8, 4) is 5.75 Å². The van der Waals surface area contributed by atoms with Crippen molar-refractivity contribution in [1.82, 2.24) is 9.88 Å². The second-order valence-corrected chi connectivity index (χ2v) is 8.24. The van der Waals surface area contributed by atoms with Gasteiger partial charge in [-0.1, -0.05) is 0 Å². The number of fused-ring (bicyclic) bond motifs is 4. The van der Waals surface area contributed by atoms with Crippen LogP contribution in [0.15, 0.2) is 30.5 Å². The number of aliphatic hydroxyl groups is 2. The minimum absolute atomic E-state index is 0.0433. The molecule has 3 aliphatic heterocycles. The lowest BCUT2D eigenvalue weighted by atomic mass is 9.68. The Labute approximate surface area is 170 Å². The predicted octanol–water partition coefficient (Wildman–Crippen LogP) is 2.05. The Hall–Kier alpha value is -2.22. The molecule has 3 fully saturated rings. The highest BCUT2D eigenvalue weighted by Crippen LogP contribution is 2.46. The highest BCUT2D eigenvalue weighted by molar-refractivity contribution is 5.84. The van der Waals surface area contributed by atoms with Gasteiger partial charge in [0.15, 0.2) is 0 Å². The van der Waals surface area contributed by atoms with Crippen molar-refractivity contribution in [3.05, 3.63) is 36.0 Å². The number of piperidine rings is 3. The third-order valence-corrected chi connectivity index (χ3v) is 6.58. The van der Waals surface area contributed by atoms with Crippen molar-refractivity contribution in [3.63, 3.8) is 0 Å². The van der Waals surface area contributed by atoms with Gasteiger partial charge >= 0.3 is 5.97 Å². The van der Waals surface area contributed by atoms with Crippen molar-refractivity contribution >= 4 is 16.9 Å². The third kappa shape index (κ3) is 3.47. The van der Waals surface area contributed by atoms with Crippen molar-refractivity contribution in [2.45, 2.75) is 50.5 Å². The average Bonchev–Trinajstić information content (AvgIpc) is 2.71. The maximum Gasteiger partial charge on any atom is 0.303 e. The Balaban J connectivity index is 1.76. The Bertz CT molecular complexity index is 917. The van der Waals surface area contributed by atoms with Crippen LogP contribution < -0.4 is 4.74 Å². The molecular weight excluding hydrogens is 372 g/mol. The van der Waals surface area contributed by atoms with E-state index in [-0.39, 0.29) is 17.9 Å². The molecule has 2 bridgehead atoms. The molecule has 5 rings (SSSR count). The van der Waals surface area contributed by atoms with E-state index in [4.69, 9.17) is 9.47 Å². The highest BCUT2D eigenvalue weighted by Gasteiger charge is 2.54. The van der Waals surface area contributed by atoms with E-state index in [1.54, 1.807) is 20.2 Å². The normalized spacial score (nSPS) is 30.7. The van der Waals surface area contributed by atoms with E-state index < -0.39 is 17.8 Å². The second kappa shape index (κ2) is 7.55. The molecule has 0 spiro atoms. The molecule has 7 nitrogen and oxygen atoms in total. The molecule has 3 aliphatic rings. The van der Waals surface area contributed by atoms with Gasteiger partial charge in [0, 0.05) is 30.6 Å². The Kier molecular flexibility index (Phi) is 5.23. The monoisotopic (exact) mass is 400 g/mol. The van der Waals surface area contributed by atoms with Crippen LogP contribution in [0.25, 0.3) is 10.9 Å². The summed E-state index contributed by atoms with van der Waals surface area (Å²) < 4.78 is 11.2. The number of methoxy groups -OCH3 is 1. The Morgan fingerprint density at radius 2 is 2.17 bits per heavy atom. The molecule has 0 aliphatic carbocycles. The zero-order chi connectivity index (χ0) is 20.8. The van der Waals surface area contributed by atoms with E-state index in [9.17, 15) is 15.0 Å². The quantitative estimate of drug-likeness (QED) is 0.742. The number of benzene rings is 1. The zero-order valence-corrected chi connectivity index (χ0v) is 17.0. The third-order valence-electron chi connectivity index (χ3n) is 6.58. The van der Waals surface area contributed by atoms with E-state index in [2.05, 4.69) is 9.88 Å². The lowest BCUT2D eigenvalue weighted by Gasteiger charge is -2.56. The Morgan fingerprint density at radius 1 is 1.38 bits per heavy atom. The van der Waals surface area contributed by atoms with Crippen LogP contribution in [0.3, 0.4) is 0 Å². The molecule has 0 saturated carbocycles. The second-order valence-electron chi connectivity index (χ2n) is 8.24. The highest BCUT2D eigenvalue weighted by atomic mass is 16.5. The molecule has 4 heterocycles. The summed E-state index contributed by atoms with van der Waals surface area (Å²) in [5.74, 6) is 0.316. The van der Waals surface area contributed by atoms with Crippen LogP contribution in [0.5, 0.6) is 5.75 Å². The van der Waals surface area contributed by atoms with Crippen LogP contribution in [-0.2, 0) is 9.53 Å². The van der Waals surface area contributed by atoms with Crippen molar-refractivity contribution in [2.24, 2.45) is 5.92 Å². The molecule has 1 aromatic heterocycles. The maximum absolute atomic E-state index is 12.0. The lowest BCUT2D eigenvalue weighted by Crippen LogP contribution is -2.67. The number of rotatable bonds is 5. The summed E-state index contributed by atoms with van der Waals surface area (Å²) in [5.41, 5.74) is 0.554. The van der Waals surface area contributed by atoms with Gasteiger partial charge in [-0.25, -0.2) is 0 Å². The van der Waals surface area contributed by atoms with E-state index in [0.717, 1.165) is 29.4 Å². The smallest absolute Gasteiger partial charge is 0.303 e. The fraction of sp³-hybridized carbons (Fsp3) is 0.545. The fourth-order valence-corrected chi connectivity index (χ4v) is 4.99. The molecule has 156 valence electrons. The van der Waals surface area contributed by atoms with Crippen LogP contribution in [0, 0.1) is 5.92 Å². The largest absolute Gasteiger partial charge is 0.497 e. The first-order valence-corrected chi connectivity index (χ1v) is 10.1. The Morgan fingerprint density at radius 3 is 2.79 bits per heavy atom. The summed E-state index contributed by atoms with van der Waals surface area (Å²) in [5, 5.41) is 22.0. The number of nitrogens with zero attached hydrogens (tertiary/aromatic N) is 2. The number of hydrogen-bond donors (Lipinski definition) is 2. The van der Waals surface area contributed by atoms with Crippen LogP contribution in [0.4, 0.5) is 0 Å². The number of aromatic nitrogens is 1. The lowest BCUT2D eigenvalue weighted by molar-refractivity contribution is -0.199. The molecule has 3 saturated heterocycles. The zero-order valence-electron chi connectivity index (χ0n) is 17.0. The van der Waals surface area contributed by atoms with Gasteiger partial charge in [0.2, 0.25) is 0 Å². The fourth-order valence-electron chi connectivity index (χ4n) is 4.99. The minimum atomic E-state index is -1.13. The van der Waals surface area contributed by atoms with Gasteiger partial charge in [-0.15, -0.1) is 0 Å². The number of ether oxygens (including phenoxy) is 2. The molecule has 0 amide bonds. The molecule has 0 radical (unpaired) electrons. The summed E-state index contributed by atoms with van der Waals surface area (Å²) in [6, 6.07) is 7.47. The maximum atomic E-state index is 12.0. The summed E-state index contributed by atoms with van der Waals surface area (Å²) in [4.78, 5) is 18.6. The summed E-state index contributed by atoms with van der Waals surface area (Å²) in [6.45, 7) is 4.22. The summed E-state index contributed by atoms with van der Waals surface area (Å²) in [7, 11) is 1.61. The van der Waals surface area contributed by atoms with Gasteiger partial charge < -0.3 is 19.7 Å². The van der Waals surface area contributed by atoms with E-state index >= 15 is 0 Å². The summed E-state index contributed by atoms with van der Waals surface area (Å²) in [6.07, 6.45) is 1.88. The number of esters is 1. The van der Waals surface area contributed by atoms with Gasteiger partial charge in [0.1, 0.15) is 17.5 Å². The SMILES string of the molecule is COc1ccc2nccc([C@H](OC(C)=O)[C@H]3C[C@@H]4CCN3C[C@@]4(O)[C@H](C)O)c2c1. The van der Waals surface area contributed by atoms with Gasteiger partial charge in [-0.05, 0) is 56.5 Å². The van der Waals surface area contributed by atoms with Gasteiger partial charge in [-0.2, -0.15) is 0 Å². The van der Waals surface area contributed by atoms with Crippen LogP contribution in [0.1, 0.15) is 38.4 Å². The molecule has 6 atom stereocenters. The van der Waals surface area contributed by atoms with Gasteiger partial charge in [0.05, 0.1) is 24.8 Å². The molecule has 2 N–H and O–H groups in total. The van der Waals surface area contributed by atoms with Crippen LogP contribution in [-0.4, -0.2) is 64.0 Å². The molecule has 29 heavy (non-hydrogen) atoms. The molecular formula is C22H28N2O5. The first kappa shape index (κ1) is 20.1. The number of carbonyl (C=O) groups is 1. The minimum Gasteiger partial charge on any atom is -0.497 e. The van der Waals surface area contributed by atoms with Crippen molar-refractivity contribution in [2.75, 3.05) is 20.2 Å². The van der Waals surface area contributed by atoms with E-state index in [1.807, 2.05) is 24.3 Å². The molecule has 1 aromatic carbocycles. The average molecular weight is 400 g/mol. The van der Waals surface area contributed by atoms with Crippen molar-refractivity contribution < 1.29 is 24.5 Å². The van der Waals surface area contributed by atoms with Crippen LogP contribution >= 0.6 is 0 Å². The van der Waals surface area contributed by atoms with Crippen molar-refractivity contribution in [1.29, 1.82) is 0 Å². The number of carbonyl (C=O) groups excluding carboxylic acids is 1. The standard InChI is InChI=1S/C22H28N2O5/c1-13(25)22(27)12-24-9-7-15(22)10-20(24)21(29-14(2)26)17-6-8-23-19-5-4-16(28-3)11-18(17)19/h4-6,8,11,13,15,20-21,25,27H,7,9-10,12H2,1-3H3/t13-,15-,20+,21-,22+/m0/s1. The molecule has 7 heteroatoms. The van der Waals surface area contributed by atoms with Crippen LogP contribution in [0.2, 0.25) is 0 Å². The first-order chi connectivity index (χ1) is 13.8. The van der Waals surface area contributed by atoms with Gasteiger partial charge in [-0.3, -0.25) is 14.7 Å².